The molecule has 0 saturated carbocycles. The predicted octanol–water partition coefficient (Wildman–Crippen LogP) is 12.9. The molecule has 3 aliphatic rings. The van der Waals surface area contributed by atoms with Crippen LogP contribution in [-0.2, 0) is 19.8 Å². The van der Waals surface area contributed by atoms with E-state index >= 15 is 0 Å². The van der Waals surface area contributed by atoms with Gasteiger partial charge in [0.2, 0.25) is 0 Å². The summed E-state index contributed by atoms with van der Waals surface area (Å²) in [5, 5.41) is -0.0103. The number of benzene rings is 5. The summed E-state index contributed by atoms with van der Waals surface area (Å²) in [6, 6.07) is 32.3. The zero-order valence-electron chi connectivity index (χ0n) is 35.1. The van der Waals surface area contributed by atoms with Crippen LogP contribution in [-0.4, -0.2) is 58.9 Å². The van der Waals surface area contributed by atoms with Crippen molar-refractivity contribution in [3.63, 3.8) is 0 Å². The lowest BCUT2D eigenvalue weighted by Crippen LogP contribution is -2.23. The summed E-state index contributed by atoms with van der Waals surface area (Å²) < 4.78 is 29.3. The van der Waals surface area contributed by atoms with Crippen LogP contribution in [0.1, 0.15) is 77.7 Å². The first-order chi connectivity index (χ1) is 30.0. The molecule has 2 saturated heterocycles. The predicted molar refractivity (Wildman–Crippen MR) is 251 cm³/mol. The van der Waals surface area contributed by atoms with E-state index in [9.17, 15) is 4.79 Å². The maximum Gasteiger partial charge on any atom is 0.341 e. The van der Waals surface area contributed by atoms with Gasteiger partial charge in [0.25, 0.3) is 0 Å². The Morgan fingerprint density at radius 1 is 0.565 bits per heavy atom. The maximum absolute atomic E-state index is 14.4. The van der Waals surface area contributed by atoms with Crippen molar-refractivity contribution in [2.45, 2.75) is 57.7 Å². The summed E-state index contributed by atoms with van der Waals surface area (Å²) in [5.74, 6) is 0.560. The normalized spacial score (nSPS) is 18.8. The monoisotopic (exact) mass is 912 g/mol. The second-order valence-corrected chi connectivity index (χ2v) is 17.2. The smallest absolute Gasteiger partial charge is 0.341 e. The van der Waals surface area contributed by atoms with Crippen molar-refractivity contribution in [1.82, 2.24) is 0 Å². The molecule has 12 heteroatoms. The SMILES string of the molecule is COC(C)Oc1ccc(/C(=C\C2(/C=C(\c3ccc(OC(C)OC)cc3)c3ccc(N4CCCC4)cc3)OC(=O)c3c(Cl)c(Cl)c(Cl)c(Cl)c32)c2ccc(N3CCCC3)cc2)cc1. The van der Waals surface area contributed by atoms with Crippen LogP contribution >= 0.6 is 46.4 Å². The van der Waals surface area contributed by atoms with Crippen LogP contribution in [0, 0.1) is 0 Å². The number of carbonyl (C=O) groups excluding carboxylic acids is 1. The zero-order chi connectivity index (χ0) is 43.5. The van der Waals surface area contributed by atoms with Gasteiger partial charge in [-0.3, -0.25) is 0 Å². The number of esters is 1. The summed E-state index contributed by atoms with van der Waals surface area (Å²) in [6.07, 6.45) is 7.58. The van der Waals surface area contributed by atoms with Gasteiger partial charge in [0.15, 0.2) is 18.2 Å². The van der Waals surface area contributed by atoms with Crippen LogP contribution in [0.4, 0.5) is 11.4 Å². The molecule has 5 aromatic carbocycles. The van der Waals surface area contributed by atoms with Gasteiger partial charge in [-0.2, -0.15) is 0 Å². The first-order valence-electron chi connectivity index (χ1n) is 20.8. The van der Waals surface area contributed by atoms with E-state index in [4.69, 9.17) is 70.1 Å². The summed E-state index contributed by atoms with van der Waals surface area (Å²) in [5.41, 5.74) is 5.81. The number of fused-ring (bicyclic) bond motifs is 1. The molecule has 5 aromatic rings. The maximum atomic E-state index is 14.4. The Hall–Kier alpha value is -4.67. The molecule has 8 rings (SSSR count). The lowest BCUT2D eigenvalue weighted by molar-refractivity contribution is -0.0385. The van der Waals surface area contributed by atoms with Gasteiger partial charge in [-0.05, 0) is 134 Å². The van der Waals surface area contributed by atoms with E-state index in [1.54, 1.807) is 14.2 Å². The van der Waals surface area contributed by atoms with E-state index < -0.39 is 24.2 Å². The number of hydrogen-bond acceptors (Lipinski definition) is 8. The first kappa shape index (κ1) is 44.0. The number of hydrogen-bond donors (Lipinski definition) is 0. The molecule has 0 radical (unpaired) electrons. The third-order valence-corrected chi connectivity index (χ3v) is 13.5. The van der Waals surface area contributed by atoms with Gasteiger partial charge >= 0.3 is 5.97 Å². The molecule has 0 N–H and O–H groups in total. The Morgan fingerprint density at radius 2 is 0.919 bits per heavy atom. The highest BCUT2D eigenvalue weighted by Crippen LogP contribution is 2.54. The van der Waals surface area contributed by atoms with E-state index in [2.05, 4.69) is 58.3 Å². The molecule has 0 aliphatic carbocycles. The number of rotatable bonds is 14. The van der Waals surface area contributed by atoms with Crippen molar-refractivity contribution in [3.8, 4) is 11.5 Å². The molecule has 8 nitrogen and oxygen atoms in total. The second-order valence-electron chi connectivity index (χ2n) is 15.7. The lowest BCUT2D eigenvalue weighted by atomic mass is 9.83. The number of carbonyl (C=O) groups is 1. The largest absolute Gasteiger partial charge is 0.465 e. The minimum atomic E-state index is -1.67. The molecule has 0 bridgehead atoms. The Bertz CT molecular complexity index is 2330. The first-order valence-corrected chi connectivity index (χ1v) is 22.4. The van der Waals surface area contributed by atoms with Gasteiger partial charge in [0.05, 0.1) is 25.7 Å². The number of methoxy groups -OCH3 is 2. The lowest BCUT2D eigenvalue weighted by Gasteiger charge is -2.28. The Morgan fingerprint density at radius 3 is 1.29 bits per heavy atom. The molecule has 0 spiro atoms. The molecule has 0 amide bonds. The molecular weight excluding hydrogens is 866 g/mol. The fourth-order valence-electron chi connectivity index (χ4n) is 8.35. The molecule has 2 atom stereocenters. The second kappa shape index (κ2) is 19.0. The van der Waals surface area contributed by atoms with E-state index in [0.717, 1.165) is 96.6 Å². The number of nitrogens with zero attached hydrogens (tertiary/aromatic N) is 2. The number of anilines is 2. The standard InChI is InChI=1S/C50H48Cl4N2O6/c1-31(58-3)60-39-21-13-35(14-22-39)41(33-9-17-37(18-10-33)55-25-5-6-26-55)29-50(44-43(49(57)62-50)45(51)47(53)48(54)46(44)52)30-42(36-15-23-40(24-16-36)61-32(2)59-4)34-11-19-38(20-12-34)56-27-7-8-28-56/h9-24,29-32H,5-8,25-28H2,1-4H3/b41-29-,42-30-. The highest BCUT2D eigenvalue weighted by molar-refractivity contribution is 6.53. The molecule has 62 heavy (non-hydrogen) atoms. The summed E-state index contributed by atoms with van der Waals surface area (Å²) in [4.78, 5) is 19.1. The fraction of sp³-hybridized carbons (Fsp3) is 0.300. The van der Waals surface area contributed by atoms with Gasteiger partial charge in [0.1, 0.15) is 11.5 Å². The summed E-state index contributed by atoms with van der Waals surface area (Å²) >= 11 is 27.7. The van der Waals surface area contributed by atoms with E-state index in [1.807, 2.05) is 74.5 Å². The summed E-state index contributed by atoms with van der Waals surface area (Å²) in [7, 11) is 3.19. The van der Waals surface area contributed by atoms with Gasteiger partial charge < -0.3 is 33.5 Å². The topological polar surface area (TPSA) is 69.7 Å². The molecule has 3 aliphatic heterocycles. The third kappa shape index (κ3) is 9.05. The van der Waals surface area contributed by atoms with Gasteiger partial charge in [0, 0.05) is 57.3 Å². The van der Waals surface area contributed by atoms with Crippen molar-refractivity contribution < 1.29 is 28.5 Å². The summed E-state index contributed by atoms with van der Waals surface area (Å²) in [6.45, 7) is 7.68. The van der Waals surface area contributed by atoms with Crippen LogP contribution in [0.15, 0.2) is 109 Å². The van der Waals surface area contributed by atoms with Crippen molar-refractivity contribution in [1.29, 1.82) is 0 Å². The van der Waals surface area contributed by atoms with Crippen molar-refractivity contribution >= 4 is 74.9 Å². The van der Waals surface area contributed by atoms with Crippen LogP contribution in [0.3, 0.4) is 0 Å². The zero-order valence-corrected chi connectivity index (χ0v) is 38.1. The Kier molecular flexibility index (Phi) is 13.5. The van der Waals surface area contributed by atoms with Crippen molar-refractivity contribution in [2.24, 2.45) is 0 Å². The van der Waals surface area contributed by atoms with Gasteiger partial charge in [-0.25, -0.2) is 4.79 Å². The van der Waals surface area contributed by atoms with Gasteiger partial charge in [-0.15, -0.1) is 0 Å². The molecule has 2 unspecified atom stereocenters. The van der Waals surface area contributed by atoms with E-state index in [1.165, 1.54) is 0 Å². The Balaban J connectivity index is 1.38. The Labute approximate surface area is 383 Å². The van der Waals surface area contributed by atoms with Crippen molar-refractivity contribution in [2.75, 3.05) is 50.2 Å². The number of halogens is 4. The highest BCUT2D eigenvalue weighted by atomic mass is 35.5. The average Bonchev–Trinajstić information content (AvgIpc) is 4.09. The molecule has 0 aromatic heterocycles. The number of ether oxygens (including phenoxy) is 5. The average molecular weight is 915 g/mol. The van der Waals surface area contributed by atoms with Crippen LogP contribution in [0.5, 0.6) is 11.5 Å². The number of cyclic esters (lactones) is 1. The van der Waals surface area contributed by atoms with Crippen LogP contribution in [0.2, 0.25) is 20.1 Å². The minimum absolute atomic E-state index is 0.0112. The van der Waals surface area contributed by atoms with E-state index in [0.29, 0.717) is 11.5 Å². The van der Waals surface area contributed by atoms with Gasteiger partial charge in [-0.1, -0.05) is 94.9 Å². The van der Waals surface area contributed by atoms with Crippen molar-refractivity contribution in [3.05, 3.63) is 163 Å². The molecular formula is C50H48Cl4N2O6. The fourth-order valence-corrected chi connectivity index (χ4v) is 9.42. The molecule has 3 heterocycles. The quantitative estimate of drug-likeness (QED) is 0.0472. The minimum Gasteiger partial charge on any atom is -0.465 e. The molecule has 2 fully saturated rings. The van der Waals surface area contributed by atoms with Crippen LogP contribution in [0.25, 0.3) is 11.1 Å². The highest BCUT2D eigenvalue weighted by Gasteiger charge is 2.48. The van der Waals surface area contributed by atoms with Crippen LogP contribution < -0.4 is 19.3 Å². The molecule has 322 valence electrons. The van der Waals surface area contributed by atoms with E-state index in [-0.39, 0.29) is 31.2 Å². The third-order valence-electron chi connectivity index (χ3n) is 11.7.